The predicted octanol–water partition coefficient (Wildman–Crippen LogP) is 5.20. The first-order valence-electron chi connectivity index (χ1n) is 10.0. The van der Waals surface area contributed by atoms with Crippen molar-refractivity contribution in [3.8, 4) is 11.6 Å². The van der Waals surface area contributed by atoms with Crippen LogP contribution in [0.2, 0.25) is 0 Å². The fourth-order valence-electron chi connectivity index (χ4n) is 3.31. The zero-order valence-electron chi connectivity index (χ0n) is 18.3. The highest BCUT2D eigenvalue weighted by molar-refractivity contribution is 5.91. The number of ether oxygens (including phenoxy) is 2. The number of halogens is 4. The molecule has 1 N–H and O–H groups in total. The molecule has 0 unspecified atom stereocenters. The minimum absolute atomic E-state index is 0.155. The number of hydrogen-bond donors (Lipinski definition) is 1. The van der Waals surface area contributed by atoms with Gasteiger partial charge in [-0.2, -0.15) is 4.98 Å². The second kappa shape index (κ2) is 8.84. The van der Waals surface area contributed by atoms with Crippen LogP contribution in [0, 0.1) is 18.2 Å². The average molecular weight is 455 g/mol. The maximum absolute atomic E-state index is 14.1. The van der Waals surface area contributed by atoms with Gasteiger partial charge in [-0.1, -0.05) is 26.8 Å². The van der Waals surface area contributed by atoms with Gasteiger partial charge in [-0.05, 0) is 41.7 Å². The van der Waals surface area contributed by atoms with Gasteiger partial charge >= 0.3 is 6.36 Å². The summed E-state index contributed by atoms with van der Waals surface area (Å²) in [5, 5.41) is 2.81. The van der Waals surface area contributed by atoms with Gasteiger partial charge in [0.1, 0.15) is 18.1 Å². The lowest BCUT2D eigenvalue weighted by Gasteiger charge is -2.31. The number of aromatic nitrogens is 1. The van der Waals surface area contributed by atoms with E-state index in [0.29, 0.717) is 42.5 Å². The highest BCUT2D eigenvalue weighted by Crippen LogP contribution is 2.35. The second-order valence-corrected chi connectivity index (χ2v) is 8.85. The van der Waals surface area contributed by atoms with Crippen molar-refractivity contribution in [2.45, 2.75) is 47.0 Å². The SMILES string of the molecule is Cc1cc2c(nc1NC(=O)CC(C)(C)C)OCCN2Cc1ccc(OC(F)(F)F)c(F)c1. The maximum atomic E-state index is 14.1. The molecule has 0 radical (unpaired) electrons. The molecular formula is C22H25F4N3O3. The number of aryl methyl sites for hydroxylation is 1. The quantitative estimate of drug-likeness (QED) is 0.628. The molecule has 1 aliphatic heterocycles. The number of nitrogens with zero attached hydrogens (tertiary/aromatic N) is 2. The van der Waals surface area contributed by atoms with E-state index in [2.05, 4.69) is 15.0 Å². The third kappa shape index (κ3) is 6.24. The van der Waals surface area contributed by atoms with Crippen LogP contribution in [0.15, 0.2) is 24.3 Å². The van der Waals surface area contributed by atoms with Crippen LogP contribution in [0.1, 0.15) is 38.3 Å². The lowest BCUT2D eigenvalue weighted by atomic mass is 9.92. The normalized spacial score (nSPS) is 13.9. The third-order valence-corrected chi connectivity index (χ3v) is 4.64. The minimum atomic E-state index is -4.96. The van der Waals surface area contributed by atoms with E-state index in [0.717, 1.165) is 17.7 Å². The summed E-state index contributed by atoms with van der Waals surface area (Å²) in [7, 11) is 0. The van der Waals surface area contributed by atoms with Gasteiger partial charge in [0.2, 0.25) is 11.8 Å². The van der Waals surface area contributed by atoms with Crippen LogP contribution in [0.25, 0.3) is 0 Å². The van der Waals surface area contributed by atoms with Gasteiger partial charge in [-0.25, -0.2) is 4.39 Å². The van der Waals surface area contributed by atoms with E-state index in [4.69, 9.17) is 4.74 Å². The molecule has 1 aliphatic rings. The molecule has 0 bridgehead atoms. The first-order valence-corrected chi connectivity index (χ1v) is 10.0. The van der Waals surface area contributed by atoms with E-state index < -0.39 is 17.9 Å². The molecule has 0 spiro atoms. The number of rotatable bonds is 5. The first kappa shape index (κ1) is 23.6. The van der Waals surface area contributed by atoms with Gasteiger partial charge in [-0.15, -0.1) is 13.2 Å². The van der Waals surface area contributed by atoms with Gasteiger partial charge in [0.05, 0.1) is 6.54 Å². The van der Waals surface area contributed by atoms with Crippen molar-refractivity contribution in [1.29, 1.82) is 0 Å². The van der Waals surface area contributed by atoms with E-state index in [1.54, 1.807) is 6.92 Å². The highest BCUT2D eigenvalue weighted by atomic mass is 19.4. The number of anilines is 2. The lowest BCUT2D eigenvalue weighted by Crippen LogP contribution is -2.33. The molecule has 1 amide bonds. The Morgan fingerprint density at radius 2 is 1.97 bits per heavy atom. The van der Waals surface area contributed by atoms with Crippen molar-refractivity contribution < 1.29 is 31.8 Å². The number of nitrogens with one attached hydrogen (secondary N) is 1. The topological polar surface area (TPSA) is 63.7 Å². The largest absolute Gasteiger partial charge is 0.573 e. The number of amides is 1. The molecule has 0 fully saturated rings. The number of carbonyl (C=O) groups is 1. The van der Waals surface area contributed by atoms with E-state index in [9.17, 15) is 22.4 Å². The smallest absolute Gasteiger partial charge is 0.474 e. The van der Waals surface area contributed by atoms with Gasteiger partial charge in [0, 0.05) is 13.0 Å². The number of benzene rings is 1. The first-order chi connectivity index (χ1) is 14.8. The van der Waals surface area contributed by atoms with Crippen LogP contribution >= 0.6 is 0 Å². The number of alkyl halides is 3. The van der Waals surface area contributed by atoms with E-state index >= 15 is 0 Å². The Morgan fingerprint density at radius 3 is 2.59 bits per heavy atom. The molecule has 32 heavy (non-hydrogen) atoms. The minimum Gasteiger partial charge on any atom is -0.474 e. The Bertz CT molecular complexity index is 1000. The molecule has 0 saturated carbocycles. The van der Waals surface area contributed by atoms with Crippen molar-refractivity contribution in [1.82, 2.24) is 4.98 Å². The third-order valence-electron chi connectivity index (χ3n) is 4.64. The molecule has 2 aromatic rings. The van der Waals surface area contributed by atoms with Crippen molar-refractivity contribution >= 4 is 17.4 Å². The number of carbonyl (C=O) groups excluding carboxylic acids is 1. The summed E-state index contributed by atoms with van der Waals surface area (Å²) in [4.78, 5) is 18.6. The predicted molar refractivity (Wildman–Crippen MR) is 111 cm³/mol. The van der Waals surface area contributed by atoms with Gasteiger partial charge in [0.15, 0.2) is 11.6 Å². The van der Waals surface area contributed by atoms with E-state index in [-0.39, 0.29) is 17.9 Å². The Labute approximate surface area is 183 Å². The molecular weight excluding hydrogens is 430 g/mol. The number of hydrogen-bond acceptors (Lipinski definition) is 5. The van der Waals surface area contributed by atoms with Crippen molar-refractivity contribution in [2.24, 2.45) is 5.41 Å². The zero-order valence-corrected chi connectivity index (χ0v) is 18.3. The lowest BCUT2D eigenvalue weighted by molar-refractivity contribution is -0.275. The molecule has 0 atom stereocenters. The Hall–Kier alpha value is -3.04. The number of pyridine rings is 1. The molecule has 2 heterocycles. The standard InChI is InChI=1S/C22H25F4N3O3/c1-13-9-16-20(28-19(13)27-18(30)11-21(2,3)4)31-8-7-29(16)12-14-5-6-17(15(23)10-14)32-22(24,25)26/h5-6,9-10H,7-8,11-12H2,1-4H3,(H,27,28,30). The van der Waals surface area contributed by atoms with E-state index in [1.807, 2.05) is 31.7 Å². The molecule has 174 valence electrons. The summed E-state index contributed by atoms with van der Waals surface area (Å²) in [6, 6.07) is 5.15. The van der Waals surface area contributed by atoms with Crippen LogP contribution in [0.3, 0.4) is 0 Å². The molecule has 3 rings (SSSR count). The fraction of sp³-hybridized carbons (Fsp3) is 0.455. The van der Waals surface area contributed by atoms with Crippen molar-refractivity contribution in [2.75, 3.05) is 23.4 Å². The van der Waals surface area contributed by atoms with Crippen molar-refractivity contribution in [3.05, 3.63) is 41.2 Å². The van der Waals surface area contributed by atoms with Crippen molar-refractivity contribution in [3.63, 3.8) is 0 Å². The van der Waals surface area contributed by atoms with Crippen LogP contribution in [-0.4, -0.2) is 30.4 Å². The average Bonchev–Trinajstić information content (AvgIpc) is 2.63. The van der Waals surface area contributed by atoms with Gasteiger partial charge in [-0.3, -0.25) is 4.79 Å². The molecule has 6 nitrogen and oxygen atoms in total. The van der Waals surface area contributed by atoms with Crippen LogP contribution in [-0.2, 0) is 11.3 Å². The summed E-state index contributed by atoms with van der Waals surface area (Å²) in [6.45, 7) is 8.72. The summed E-state index contributed by atoms with van der Waals surface area (Å²) in [5.74, 6) is -1.40. The van der Waals surface area contributed by atoms with E-state index in [1.165, 1.54) is 6.07 Å². The summed E-state index contributed by atoms with van der Waals surface area (Å²) < 4.78 is 60.4. The monoisotopic (exact) mass is 455 g/mol. The highest BCUT2D eigenvalue weighted by Gasteiger charge is 2.32. The van der Waals surface area contributed by atoms with Crippen LogP contribution in [0.5, 0.6) is 11.6 Å². The maximum Gasteiger partial charge on any atom is 0.573 e. The second-order valence-electron chi connectivity index (χ2n) is 8.85. The zero-order chi connectivity index (χ0) is 23.7. The van der Waals surface area contributed by atoms with Crippen LogP contribution in [0.4, 0.5) is 29.1 Å². The molecule has 0 aliphatic carbocycles. The van der Waals surface area contributed by atoms with Gasteiger partial charge in [0.25, 0.3) is 0 Å². The summed E-state index contributed by atoms with van der Waals surface area (Å²) in [5.41, 5.74) is 1.67. The fourth-order valence-corrected chi connectivity index (χ4v) is 3.31. The molecule has 1 aromatic carbocycles. The summed E-state index contributed by atoms with van der Waals surface area (Å²) >= 11 is 0. The van der Waals surface area contributed by atoms with Gasteiger partial charge < -0.3 is 19.7 Å². The molecule has 1 aromatic heterocycles. The molecule has 0 saturated heterocycles. The number of fused-ring (bicyclic) bond motifs is 1. The summed E-state index contributed by atoms with van der Waals surface area (Å²) in [6.07, 6.45) is -4.63. The molecule has 10 heteroatoms. The van der Waals surface area contributed by atoms with Crippen LogP contribution < -0.4 is 19.7 Å². The Morgan fingerprint density at radius 1 is 1.25 bits per heavy atom. The Kier molecular flexibility index (Phi) is 6.52. The Balaban J connectivity index is 1.78.